The molecule has 2 aromatic heterocycles. The molecule has 4 N–H and O–H groups in total. The highest BCUT2D eigenvalue weighted by atomic mass is 32.2. The number of nitrogen functional groups attached to an aromatic ring is 1. The van der Waals surface area contributed by atoms with E-state index in [0.29, 0.717) is 17.6 Å². The summed E-state index contributed by atoms with van der Waals surface area (Å²) in [6.07, 6.45) is 2.43. The molecule has 0 spiro atoms. The molecule has 0 unspecified atom stereocenters. The van der Waals surface area contributed by atoms with Gasteiger partial charge < -0.3 is 21.3 Å². The van der Waals surface area contributed by atoms with E-state index in [4.69, 9.17) is 5.73 Å². The Morgan fingerprint density at radius 2 is 2.27 bits per heavy atom. The van der Waals surface area contributed by atoms with Crippen molar-refractivity contribution in [3.8, 4) is 0 Å². The van der Waals surface area contributed by atoms with Crippen molar-refractivity contribution in [3.63, 3.8) is 0 Å². The van der Waals surface area contributed by atoms with Gasteiger partial charge in [-0.1, -0.05) is 0 Å². The minimum Gasteiger partial charge on any atom is -0.375 e. The fourth-order valence-corrected chi connectivity index (χ4v) is 6.04. The highest BCUT2D eigenvalue weighted by Gasteiger charge is 2.43. The lowest BCUT2D eigenvalue weighted by atomic mass is 10.1. The van der Waals surface area contributed by atoms with Crippen LogP contribution in [-0.2, 0) is 16.3 Å². The molecule has 140 valence electrons. The number of piperazine rings is 1. The molecular weight excluding hydrogens is 374 g/mol. The van der Waals surface area contributed by atoms with E-state index < -0.39 is 9.84 Å². The first-order chi connectivity index (χ1) is 12.5. The van der Waals surface area contributed by atoms with Crippen LogP contribution in [0.1, 0.15) is 5.69 Å². The molecule has 2 aliphatic heterocycles. The number of hydrogen-bond acceptors (Lipinski definition) is 10. The summed E-state index contributed by atoms with van der Waals surface area (Å²) in [4.78, 5) is 15.1. The van der Waals surface area contributed by atoms with Crippen molar-refractivity contribution in [1.29, 1.82) is 0 Å². The van der Waals surface area contributed by atoms with E-state index in [0.717, 1.165) is 31.0 Å². The summed E-state index contributed by atoms with van der Waals surface area (Å²) in [7, 11) is -3.00. The molecule has 0 saturated carbocycles. The molecule has 0 bridgehead atoms. The second-order valence-corrected chi connectivity index (χ2v) is 9.53. The maximum Gasteiger partial charge on any atom is 0.224 e. The second-order valence-electron chi connectivity index (χ2n) is 6.49. The molecular formula is C15H21N7O2S2. The predicted molar refractivity (Wildman–Crippen MR) is 102 cm³/mol. The van der Waals surface area contributed by atoms with E-state index in [1.165, 1.54) is 11.3 Å². The SMILES string of the molecule is Nc1nc(CCNc2nccc(N3CCN[C@H]4CS(=O)(=O)C[C@H]43)n2)cs1. The molecule has 9 nitrogen and oxygen atoms in total. The quantitative estimate of drug-likeness (QED) is 0.628. The molecule has 2 saturated heterocycles. The molecule has 4 rings (SSSR count). The van der Waals surface area contributed by atoms with Crippen LogP contribution in [0.5, 0.6) is 0 Å². The topological polar surface area (TPSA) is 126 Å². The maximum absolute atomic E-state index is 12.0. The van der Waals surface area contributed by atoms with Crippen molar-refractivity contribution in [2.45, 2.75) is 18.5 Å². The normalized spacial score (nSPS) is 24.4. The van der Waals surface area contributed by atoms with Crippen molar-refractivity contribution in [2.24, 2.45) is 0 Å². The minimum atomic E-state index is -3.00. The largest absolute Gasteiger partial charge is 0.375 e. The highest BCUT2D eigenvalue weighted by molar-refractivity contribution is 7.91. The molecule has 26 heavy (non-hydrogen) atoms. The van der Waals surface area contributed by atoms with E-state index in [1.807, 2.05) is 11.4 Å². The molecule has 0 radical (unpaired) electrons. The van der Waals surface area contributed by atoms with Crippen molar-refractivity contribution >= 4 is 38.1 Å². The summed E-state index contributed by atoms with van der Waals surface area (Å²) in [5.74, 6) is 1.65. The Kier molecular flexibility index (Phi) is 4.67. The molecule has 2 atom stereocenters. The van der Waals surface area contributed by atoms with Crippen LogP contribution in [0.25, 0.3) is 0 Å². The van der Waals surface area contributed by atoms with Gasteiger partial charge in [-0.2, -0.15) is 4.98 Å². The van der Waals surface area contributed by atoms with Crippen LogP contribution in [0.15, 0.2) is 17.6 Å². The lowest BCUT2D eigenvalue weighted by Crippen LogP contribution is -2.57. The fraction of sp³-hybridized carbons (Fsp3) is 0.533. The molecule has 0 aliphatic carbocycles. The van der Waals surface area contributed by atoms with Crippen molar-refractivity contribution in [2.75, 3.05) is 47.1 Å². The van der Waals surface area contributed by atoms with E-state index >= 15 is 0 Å². The number of hydrogen-bond donors (Lipinski definition) is 3. The van der Waals surface area contributed by atoms with E-state index in [9.17, 15) is 8.42 Å². The zero-order valence-corrected chi connectivity index (χ0v) is 15.8. The number of thiazole rings is 1. The second kappa shape index (κ2) is 6.97. The average molecular weight is 396 g/mol. The van der Waals surface area contributed by atoms with E-state index in [1.54, 1.807) is 6.20 Å². The van der Waals surface area contributed by atoms with Gasteiger partial charge in [-0.05, 0) is 6.07 Å². The highest BCUT2D eigenvalue weighted by Crippen LogP contribution is 2.25. The molecule has 2 aromatic rings. The van der Waals surface area contributed by atoms with Crippen LogP contribution in [0.4, 0.5) is 16.9 Å². The Bertz CT molecular complexity index is 886. The van der Waals surface area contributed by atoms with E-state index in [-0.39, 0.29) is 23.6 Å². The van der Waals surface area contributed by atoms with Crippen LogP contribution >= 0.6 is 11.3 Å². The van der Waals surface area contributed by atoms with Gasteiger partial charge in [0.25, 0.3) is 0 Å². The van der Waals surface area contributed by atoms with Gasteiger partial charge in [-0.3, -0.25) is 0 Å². The lowest BCUT2D eigenvalue weighted by Gasteiger charge is -2.38. The fourth-order valence-electron chi connectivity index (χ4n) is 3.49. The first-order valence-corrected chi connectivity index (χ1v) is 11.2. The number of anilines is 3. The predicted octanol–water partition coefficient (Wildman–Crippen LogP) is -0.255. The molecule has 2 aliphatic rings. The third-order valence-corrected chi connectivity index (χ3v) is 7.09. The van der Waals surface area contributed by atoms with Crippen LogP contribution in [0, 0.1) is 0 Å². The smallest absolute Gasteiger partial charge is 0.224 e. The summed E-state index contributed by atoms with van der Waals surface area (Å²) in [6.45, 7) is 2.12. The van der Waals surface area contributed by atoms with Crippen LogP contribution in [0.2, 0.25) is 0 Å². The van der Waals surface area contributed by atoms with Gasteiger partial charge in [0.05, 0.1) is 23.2 Å². The number of nitrogens with one attached hydrogen (secondary N) is 2. The Labute approximate surface area is 156 Å². The van der Waals surface area contributed by atoms with Gasteiger partial charge in [-0.25, -0.2) is 18.4 Å². The standard InChI is InChI=1S/C15H21N7O2S2/c16-14-20-10(7-25-14)1-3-18-15-19-4-2-13(21-15)22-6-5-17-11-8-26(23,24)9-12(11)22/h2,4,7,11-12,17H,1,3,5-6,8-9H2,(H2,16,20)(H,18,19,21)/t11-,12+/m0/s1. The average Bonchev–Trinajstić information content (AvgIpc) is 3.15. The lowest BCUT2D eigenvalue weighted by molar-refractivity contribution is 0.423. The van der Waals surface area contributed by atoms with Crippen molar-refractivity contribution in [1.82, 2.24) is 20.3 Å². The summed E-state index contributed by atoms with van der Waals surface area (Å²) in [6, 6.07) is 1.73. The molecule has 0 aromatic carbocycles. The van der Waals surface area contributed by atoms with Gasteiger partial charge in [-0.15, -0.1) is 11.3 Å². The molecule has 2 fully saturated rings. The van der Waals surface area contributed by atoms with Gasteiger partial charge >= 0.3 is 0 Å². The van der Waals surface area contributed by atoms with Crippen LogP contribution < -0.4 is 21.3 Å². The number of aromatic nitrogens is 3. The summed E-state index contributed by atoms with van der Waals surface area (Å²) in [5.41, 5.74) is 6.58. The first-order valence-electron chi connectivity index (χ1n) is 8.47. The van der Waals surface area contributed by atoms with Crippen LogP contribution in [0.3, 0.4) is 0 Å². The number of sulfone groups is 1. The zero-order chi connectivity index (χ0) is 18.1. The van der Waals surface area contributed by atoms with Gasteiger partial charge in [0.2, 0.25) is 5.95 Å². The monoisotopic (exact) mass is 395 g/mol. The van der Waals surface area contributed by atoms with Gasteiger partial charge in [0.1, 0.15) is 5.82 Å². The summed E-state index contributed by atoms with van der Waals surface area (Å²) in [5, 5.41) is 9.02. The maximum atomic E-state index is 12.0. The van der Waals surface area contributed by atoms with E-state index in [2.05, 4.69) is 30.5 Å². The first kappa shape index (κ1) is 17.4. The summed E-state index contributed by atoms with van der Waals surface area (Å²) < 4.78 is 24.0. The number of rotatable bonds is 5. The Morgan fingerprint density at radius 1 is 1.38 bits per heavy atom. The Morgan fingerprint density at radius 3 is 3.08 bits per heavy atom. The third kappa shape index (κ3) is 3.74. The zero-order valence-electron chi connectivity index (χ0n) is 14.1. The molecule has 4 heterocycles. The summed E-state index contributed by atoms with van der Waals surface area (Å²) >= 11 is 1.43. The Balaban J connectivity index is 1.43. The molecule has 0 amide bonds. The van der Waals surface area contributed by atoms with Gasteiger partial charge in [0, 0.05) is 43.7 Å². The number of nitrogens with zero attached hydrogens (tertiary/aromatic N) is 4. The number of fused-ring (bicyclic) bond motifs is 1. The van der Waals surface area contributed by atoms with Crippen molar-refractivity contribution in [3.05, 3.63) is 23.3 Å². The van der Waals surface area contributed by atoms with Crippen LogP contribution in [-0.4, -0.2) is 66.6 Å². The third-order valence-electron chi connectivity index (χ3n) is 4.65. The Hall–Kier alpha value is -1.98. The minimum absolute atomic E-state index is 0.0322. The van der Waals surface area contributed by atoms with Crippen molar-refractivity contribution < 1.29 is 8.42 Å². The number of nitrogens with two attached hydrogens (primary N) is 1. The van der Waals surface area contributed by atoms with Gasteiger partial charge in [0.15, 0.2) is 15.0 Å². The molecule has 11 heteroatoms.